The van der Waals surface area contributed by atoms with Gasteiger partial charge in [-0.05, 0) is 29.0 Å². The van der Waals surface area contributed by atoms with Gasteiger partial charge in [-0.25, -0.2) is 0 Å². The predicted octanol–water partition coefficient (Wildman–Crippen LogP) is 3.18. The molecule has 2 N–H and O–H groups in total. The number of aliphatic hydroxyl groups is 1. The summed E-state index contributed by atoms with van der Waals surface area (Å²) >= 11 is 1.29. The number of hydrogen-bond donors (Lipinski definition) is 2. The maximum atomic E-state index is 12.6. The monoisotopic (exact) mass is 313 g/mol. The lowest BCUT2D eigenvalue weighted by molar-refractivity contribution is -0.119. The molecule has 0 bridgehead atoms. The summed E-state index contributed by atoms with van der Waals surface area (Å²) in [6.07, 6.45) is 0.916. The molecule has 0 saturated carbocycles. The van der Waals surface area contributed by atoms with E-state index in [1.54, 1.807) is 17.5 Å². The van der Waals surface area contributed by atoms with Gasteiger partial charge in [0.05, 0.1) is 16.5 Å². The number of nitrogens with one attached hydrogen (secondary N) is 1. The molecule has 0 spiro atoms. The summed E-state index contributed by atoms with van der Waals surface area (Å²) in [4.78, 5) is 24.9. The lowest BCUT2D eigenvalue weighted by atomic mass is 9.95. The van der Waals surface area contributed by atoms with Gasteiger partial charge >= 0.3 is 0 Å². The number of Topliss-reactive ketones (excluding diaryl/α,β-unsaturated/α-hetero) is 1. The molecular formula is C17H15NO3S. The van der Waals surface area contributed by atoms with E-state index in [2.05, 4.69) is 12.2 Å². The molecule has 1 aromatic heterocycles. The fraction of sp³-hybridized carbons (Fsp3) is 0.176. The van der Waals surface area contributed by atoms with Gasteiger partial charge in [-0.15, -0.1) is 11.3 Å². The Hall–Kier alpha value is -2.40. The van der Waals surface area contributed by atoms with Gasteiger partial charge in [-0.2, -0.15) is 0 Å². The molecule has 1 aliphatic heterocycles. The molecule has 4 nitrogen and oxygen atoms in total. The topological polar surface area (TPSA) is 66.4 Å². The number of aryl methyl sites for hydroxylation is 1. The molecule has 0 radical (unpaired) electrons. The number of carbonyl (C=O) groups is 2. The smallest absolute Gasteiger partial charge is 0.287 e. The van der Waals surface area contributed by atoms with Crippen LogP contribution >= 0.6 is 11.3 Å². The standard InChI is InChI=1S/C17H15NO3S/c1-2-10-5-7-11(8-6-10)14-13(16(20)17(21)18-14)15(19)12-4-3-9-22-12/h3-9,14,20H,2H2,1H3,(H,18,21)/t14-/m1/s1. The molecule has 1 amide bonds. The third-order valence-electron chi connectivity index (χ3n) is 3.75. The van der Waals surface area contributed by atoms with Gasteiger partial charge in [0, 0.05) is 0 Å². The summed E-state index contributed by atoms with van der Waals surface area (Å²) in [5.74, 6) is -1.40. The first-order valence-electron chi connectivity index (χ1n) is 7.03. The molecule has 5 heteroatoms. The summed E-state index contributed by atoms with van der Waals surface area (Å²) < 4.78 is 0. The quantitative estimate of drug-likeness (QED) is 0.852. The van der Waals surface area contributed by atoms with E-state index in [9.17, 15) is 14.7 Å². The van der Waals surface area contributed by atoms with E-state index < -0.39 is 17.7 Å². The zero-order chi connectivity index (χ0) is 15.7. The number of hydrogen-bond acceptors (Lipinski definition) is 4. The van der Waals surface area contributed by atoms with E-state index in [0.29, 0.717) is 4.88 Å². The largest absolute Gasteiger partial charge is 0.503 e. The lowest BCUT2D eigenvalue weighted by Gasteiger charge is -2.14. The van der Waals surface area contributed by atoms with Crippen LogP contribution in [0.5, 0.6) is 0 Å². The molecule has 112 valence electrons. The molecule has 0 saturated heterocycles. The van der Waals surface area contributed by atoms with E-state index >= 15 is 0 Å². The molecule has 1 aliphatic rings. The highest BCUT2D eigenvalue weighted by atomic mass is 32.1. The number of aliphatic hydroxyl groups excluding tert-OH is 1. The van der Waals surface area contributed by atoms with Crippen LogP contribution in [0.2, 0.25) is 0 Å². The highest BCUT2D eigenvalue weighted by Crippen LogP contribution is 2.32. The van der Waals surface area contributed by atoms with Crippen LogP contribution in [0.4, 0.5) is 0 Å². The zero-order valence-corrected chi connectivity index (χ0v) is 12.8. The lowest BCUT2D eigenvalue weighted by Crippen LogP contribution is -2.23. The van der Waals surface area contributed by atoms with Crippen LogP contribution in [0.15, 0.2) is 53.1 Å². The zero-order valence-electron chi connectivity index (χ0n) is 12.0. The van der Waals surface area contributed by atoms with Crippen LogP contribution in [0, 0.1) is 0 Å². The molecule has 3 rings (SSSR count). The van der Waals surface area contributed by atoms with Gasteiger partial charge in [-0.1, -0.05) is 37.3 Å². The second-order valence-electron chi connectivity index (χ2n) is 5.07. The molecule has 0 aliphatic carbocycles. The molecule has 1 aromatic carbocycles. The minimum atomic E-state index is -0.607. The van der Waals surface area contributed by atoms with Gasteiger partial charge in [0.1, 0.15) is 0 Å². The summed E-state index contributed by atoms with van der Waals surface area (Å²) in [6.45, 7) is 2.06. The number of benzene rings is 1. The van der Waals surface area contributed by atoms with Crippen molar-refractivity contribution in [2.45, 2.75) is 19.4 Å². The first-order valence-corrected chi connectivity index (χ1v) is 7.90. The Labute approximate surface area is 132 Å². The van der Waals surface area contributed by atoms with E-state index in [-0.39, 0.29) is 11.4 Å². The summed E-state index contributed by atoms with van der Waals surface area (Å²) in [6, 6.07) is 10.5. The molecule has 2 heterocycles. The van der Waals surface area contributed by atoms with Crippen molar-refractivity contribution in [1.29, 1.82) is 0 Å². The summed E-state index contributed by atoms with van der Waals surface area (Å²) in [5, 5.41) is 14.5. The van der Waals surface area contributed by atoms with Crippen molar-refractivity contribution in [3.05, 3.63) is 69.1 Å². The first-order chi connectivity index (χ1) is 10.6. The Morgan fingerprint density at radius 1 is 1.27 bits per heavy atom. The number of ketones is 1. The molecule has 1 atom stereocenters. The molecule has 22 heavy (non-hydrogen) atoms. The maximum Gasteiger partial charge on any atom is 0.287 e. The van der Waals surface area contributed by atoms with Crippen molar-refractivity contribution in [1.82, 2.24) is 5.32 Å². The van der Waals surface area contributed by atoms with Crippen molar-refractivity contribution in [3.63, 3.8) is 0 Å². The number of rotatable bonds is 4. The van der Waals surface area contributed by atoms with Crippen molar-refractivity contribution in [2.75, 3.05) is 0 Å². The second-order valence-corrected chi connectivity index (χ2v) is 6.02. The minimum Gasteiger partial charge on any atom is -0.503 e. The maximum absolute atomic E-state index is 12.6. The van der Waals surface area contributed by atoms with Crippen LogP contribution < -0.4 is 5.32 Å². The minimum absolute atomic E-state index is 0.122. The Morgan fingerprint density at radius 3 is 2.59 bits per heavy atom. The highest BCUT2D eigenvalue weighted by Gasteiger charge is 2.37. The fourth-order valence-corrected chi connectivity index (χ4v) is 3.18. The van der Waals surface area contributed by atoms with Gasteiger partial charge in [0.2, 0.25) is 5.78 Å². The molecular weight excluding hydrogens is 298 g/mol. The van der Waals surface area contributed by atoms with Crippen LogP contribution in [-0.2, 0) is 11.2 Å². The van der Waals surface area contributed by atoms with E-state index in [1.807, 2.05) is 24.3 Å². The van der Waals surface area contributed by atoms with Gasteiger partial charge in [0.15, 0.2) is 5.76 Å². The molecule has 0 fully saturated rings. The highest BCUT2D eigenvalue weighted by molar-refractivity contribution is 7.12. The van der Waals surface area contributed by atoms with Gasteiger partial charge in [-0.3, -0.25) is 9.59 Å². The number of thiophene rings is 1. The average molecular weight is 313 g/mol. The van der Waals surface area contributed by atoms with E-state index in [4.69, 9.17) is 0 Å². The Balaban J connectivity index is 2.00. The second kappa shape index (κ2) is 5.77. The predicted molar refractivity (Wildman–Crippen MR) is 85.0 cm³/mol. The van der Waals surface area contributed by atoms with Crippen LogP contribution in [0.25, 0.3) is 0 Å². The molecule has 2 aromatic rings. The normalized spacial score (nSPS) is 17.7. The number of carbonyl (C=O) groups excluding carboxylic acids is 2. The van der Waals surface area contributed by atoms with Crippen LogP contribution in [0.1, 0.15) is 33.8 Å². The third-order valence-corrected chi connectivity index (χ3v) is 4.61. The number of amides is 1. The van der Waals surface area contributed by atoms with Crippen LogP contribution in [-0.4, -0.2) is 16.8 Å². The van der Waals surface area contributed by atoms with Crippen molar-refractivity contribution in [2.24, 2.45) is 0 Å². The Kier molecular flexibility index (Phi) is 3.81. The first kappa shape index (κ1) is 14.5. The van der Waals surface area contributed by atoms with Crippen molar-refractivity contribution in [3.8, 4) is 0 Å². The Morgan fingerprint density at radius 2 is 2.00 bits per heavy atom. The van der Waals surface area contributed by atoms with E-state index in [0.717, 1.165) is 12.0 Å². The van der Waals surface area contributed by atoms with Crippen molar-refractivity contribution < 1.29 is 14.7 Å². The van der Waals surface area contributed by atoms with Gasteiger partial charge in [0.25, 0.3) is 5.91 Å². The van der Waals surface area contributed by atoms with Gasteiger partial charge < -0.3 is 10.4 Å². The SMILES string of the molecule is CCc1ccc([C@H]2NC(=O)C(O)=C2C(=O)c2cccs2)cc1. The fourth-order valence-electron chi connectivity index (χ4n) is 2.51. The van der Waals surface area contributed by atoms with E-state index in [1.165, 1.54) is 16.9 Å². The third kappa shape index (κ3) is 2.44. The summed E-state index contributed by atoms with van der Waals surface area (Å²) in [5.41, 5.74) is 2.08. The van der Waals surface area contributed by atoms with Crippen molar-refractivity contribution >= 4 is 23.0 Å². The Bertz CT molecular complexity index is 745. The average Bonchev–Trinajstić information content (AvgIpc) is 3.16. The van der Waals surface area contributed by atoms with Crippen LogP contribution in [0.3, 0.4) is 0 Å². The molecule has 0 unspecified atom stereocenters. The summed E-state index contributed by atoms with van der Waals surface area (Å²) in [7, 11) is 0.